The van der Waals surface area contributed by atoms with Crippen LogP contribution in [0.15, 0.2) is 36.8 Å². The predicted octanol–water partition coefficient (Wildman–Crippen LogP) is 3.98. The summed E-state index contributed by atoms with van der Waals surface area (Å²) in [6, 6.07) is 8.17. The first-order valence-corrected chi connectivity index (χ1v) is 8.78. The molecule has 0 bridgehead atoms. The Morgan fingerprint density at radius 1 is 0.880 bits per heavy atom. The number of aryl methyl sites for hydroxylation is 1. The second kappa shape index (κ2) is 10.1. The summed E-state index contributed by atoms with van der Waals surface area (Å²) in [4.78, 5) is 8.72. The average Bonchev–Trinajstić information content (AvgIpc) is 3.07. The standard InChI is InChI=1S/C12H11N3.C7H16O3/c1-2-15-8-14-11-7-13-10-6-4-3-5-9(10)12(11)15;1-4-8-7(9-5-2)10-6-3/h3-8H,2H2,1H3;7H,4-6H2,1-3H3. The Morgan fingerprint density at radius 3 is 2.12 bits per heavy atom. The van der Waals surface area contributed by atoms with Gasteiger partial charge < -0.3 is 18.8 Å². The third-order valence-corrected chi connectivity index (χ3v) is 3.60. The van der Waals surface area contributed by atoms with Crippen LogP contribution in [0, 0.1) is 0 Å². The van der Waals surface area contributed by atoms with Crippen LogP contribution in [-0.4, -0.2) is 40.8 Å². The molecule has 0 fully saturated rings. The van der Waals surface area contributed by atoms with Crippen molar-refractivity contribution in [3.05, 3.63) is 36.8 Å². The molecule has 0 atom stereocenters. The number of pyridine rings is 1. The van der Waals surface area contributed by atoms with Crippen molar-refractivity contribution in [2.24, 2.45) is 0 Å². The number of rotatable bonds is 7. The summed E-state index contributed by atoms with van der Waals surface area (Å²) in [6.07, 6.45) is 3.71. The van der Waals surface area contributed by atoms with Crippen molar-refractivity contribution in [3.63, 3.8) is 0 Å². The van der Waals surface area contributed by atoms with E-state index in [1.807, 2.05) is 51.5 Å². The van der Waals surface area contributed by atoms with Crippen LogP contribution in [0.25, 0.3) is 21.9 Å². The Labute approximate surface area is 148 Å². The van der Waals surface area contributed by atoms with E-state index in [1.54, 1.807) is 0 Å². The van der Waals surface area contributed by atoms with Crippen LogP contribution in [0.4, 0.5) is 0 Å². The number of para-hydroxylation sites is 1. The first kappa shape index (κ1) is 19.3. The lowest BCUT2D eigenvalue weighted by Crippen LogP contribution is -2.20. The maximum absolute atomic E-state index is 5.08. The highest BCUT2D eigenvalue weighted by atomic mass is 16.8. The molecule has 6 nitrogen and oxygen atoms in total. The third kappa shape index (κ3) is 4.98. The maximum atomic E-state index is 5.08. The first-order chi connectivity index (χ1) is 12.2. The SMILES string of the molecule is CCOC(OCC)OCC.CCn1cnc2cnc3ccccc3c21. The molecule has 0 N–H and O–H groups in total. The van der Waals surface area contributed by atoms with Crippen LogP contribution in [0.5, 0.6) is 0 Å². The van der Waals surface area contributed by atoms with Gasteiger partial charge in [0.15, 0.2) is 0 Å². The molecule has 6 heteroatoms. The zero-order chi connectivity index (χ0) is 18.1. The topological polar surface area (TPSA) is 58.4 Å². The molecule has 0 saturated heterocycles. The fourth-order valence-electron chi connectivity index (χ4n) is 2.49. The normalized spacial score (nSPS) is 11.1. The lowest BCUT2D eigenvalue weighted by atomic mass is 10.2. The Bertz CT molecular complexity index is 759. The molecule has 1 aromatic carbocycles. The lowest BCUT2D eigenvalue weighted by molar-refractivity contribution is -0.282. The van der Waals surface area contributed by atoms with Crippen LogP contribution in [-0.2, 0) is 20.8 Å². The van der Waals surface area contributed by atoms with Crippen LogP contribution in [0.2, 0.25) is 0 Å². The van der Waals surface area contributed by atoms with Gasteiger partial charge in [0.05, 0.1) is 23.6 Å². The van der Waals surface area contributed by atoms with Gasteiger partial charge in [-0.1, -0.05) is 18.2 Å². The largest absolute Gasteiger partial charge is 0.330 e. The van der Waals surface area contributed by atoms with Gasteiger partial charge in [-0.25, -0.2) is 4.98 Å². The van der Waals surface area contributed by atoms with Gasteiger partial charge in [0, 0.05) is 31.8 Å². The highest BCUT2D eigenvalue weighted by molar-refractivity contribution is 6.01. The molecule has 0 saturated carbocycles. The molecule has 0 aliphatic carbocycles. The van der Waals surface area contributed by atoms with Gasteiger partial charge in [0.25, 0.3) is 6.48 Å². The van der Waals surface area contributed by atoms with Gasteiger partial charge >= 0.3 is 0 Å². The van der Waals surface area contributed by atoms with E-state index in [2.05, 4.69) is 27.5 Å². The number of nitrogens with zero attached hydrogens (tertiary/aromatic N) is 3. The van der Waals surface area contributed by atoms with Crippen LogP contribution >= 0.6 is 0 Å². The monoisotopic (exact) mass is 345 g/mol. The quantitative estimate of drug-likeness (QED) is 0.606. The summed E-state index contributed by atoms with van der Waals surface area (Å²) < 4.78 is 17.4. The number of hydrogen-bond donors (Lipinski definition) is 0. The van der Waals surface area contributed by atoms with Gasteiger partial charge in [-0.2, -0.15) is 0 Å². The van der Waals surface area contributed by atoms with Gasteiger partial charge in [-0.3, -0.25) is 4.98 Å². The fraction of sp³-hybridized carbons (Fsp3) is 0.474. The second-order valence-electron chi connectivity index (χ2n) is 5.19. The van der Waals surface area contributed by atoms with Crippen LogP contribution in [0.3, 0.4) is 0 Å². The van der Waals surface area contributed by atoms with E-state index >= 15 is 0 Å². The molecular weight excluding hydrogens is 318 g/mol. The molecule has 136 valence electrons. The molecule has 2 heterocycles. The number of imidazole rings is 1. The number of benzene rings is 1. The summed E-state index contributed by atoms with van der Waals surface area (Å²) in [5.41, 5.74) is 3.18. The molecule has 0 aliphatic heterocycles. The van der Waals surface area contributed by atoms with Crippen molar-refractivity contribution >= 4 is 21.9 Å². The number of aromatic nitrogens is 3. The molecular formula is C19H27N3O3. The summed E-state index contributed by atoms with van der Waals surface area (Å²) in [5.74, 6) is 0. The molecule has 0 amide bonds. The highest BCUT2D eigenvalue weighted by Crippen LogP contribution is 2.22. The summed E-state index contributed by atoms with van der Waals surface area (Å²) in [6.45, 7) is 10.2. The van der Waals surface area contributed by atoms with Gasteiger partial charge in [-0.15, -0.1) is 0 Å². The van der Waals surface area contributed by atoms with Gasteiger partial charge in [0.1, 0.15) is 5.52 Å². The minimum Gasteiger partial charge on any atom is -0.330 e. The fourth-order valence-corrected chi connectivity index (χ4v) is 2.49. The molecule has 0 unspecified atom stereocenters. The van der Waals surface area contributed by atoms with Crippen molar-refractivity contribution in [3.8, 4) is 0 Å². The van der Waals surface area contributed by atoms with Crippen molar-refractivity contribution in [1.29, 1.82) is 0 Å². The number of hydrogen-bond acceptors (Lipinski definition) is 5. The minimum absolute atomic E-state index is 0.472. The van der Waals surface area contributed by atoms with E-state index in [4.69, 9.17) is 14.2 Å². The van der Waals surface area contributed by atoms with Crippen molar-refractivity contribution in [2.45, 2.75) is 40.7 Å². The average molecular weight is 345 g/mol. The van der Waals surface area contributed by atoms with E-state index in [9.17, 15) is 0 Å². The first-order valence-electron chi connectivity index (χ1n) is 8.78. The summed E-state index contributed by atoms with van der Waals surface area (Å²) >= 11 is 0. The second-order valence-corrected chi connectivity index (χ2v) is 5.19. The number of fused-ring (bicyclic) bond motifs is 3. The summed E-state index contributed by atoms with van der Waals surface area (Å²) in [5, 5.41) is 1.18. The van der Waals surface area contributed by atoms with Crippen molar-refractivity contribution in [2.75, 3.05) is 19.8 Å². The Kier molecular flexibility index (Phi) is 7.78. The molecule has 0 aliphatic rings. The Balaban J connectivity index is 0.000000199. The lowest BCUT2D eigenvalue weighted by Gasteiger charge is -2.15. The zero-order valence-corrected chi connectivity index (χ0v) is 15.4. The molecule has 2 aromatic heterocycles. The van der Waals surface area contributed by atoms with Crippen LogP contribution < -0.4 is 0 Å². The predicted molar refractivity (Wildman–Crippen MR) is 99.4 cm³/mol. The molecule has 3 rings (SSSR count). The molecule has 25 heavy (non-hydrogen) atoms. The Morgan fingerprint density at radius 2 is 1.52 bits per heavy atom. The molecule has 3 aromatic rings. The van der Waals surface area contributed by atoms with Crippen molar-refractivity contribution < 1.29 is 14.2 Å². The third-order valence-electron chi connectivity index (χ3n) is 3.60. The van der Waals surface area contributed by atoms with Crippen LogP contribution in [0.1, 0.15) is 27.7 Å². The number of ether oxygens (including phenoxy) is 3. The van der Waals surface area contributed by atoms with Gasteiger partial charge in [0.2, 0.25) is 0 Å². The van der Waals surface area contributed by atoms with E-state index in [1.165, 1.54) is 10.9 Å². The minimum atomic E-state index is -0.472. The van der Waals surface area contributed by atoms with E-state index in [0.717, 1.165) is 17.6 Å². The summed E-state index contributed by atoms with van der Waals surface area (Å²) in [7, 11) is 0. The zero-order valence-electron chi connectivity index (χ0n) is 15.4. The van der Waals surface area contributed by atoms with E-state index in [0.29, 0.717) is 19.8 Å². The van der Waals surface area contributed by atoms with Crippen molar-refractivity contribution in [1.82, 2.24) is 14.5 Å². The smallest absolute Gasteiger partial charge is 0.271 e. The molecule has 0 spiro atoms. The van der Waals surface area contributed by atoms with Gasteiger partial charge in [-0.05, 0) is 33.8 Å². The van der Waals surface area contributed by atoms with E-state index in [-0.39, 0.29) is 0 Å². The Hall–Kier alpha value is -2.02. The van der Waals surface area contributed by atoms with E-state index < -0.39 is 6.48 Å². The highest BCUT2D eigenvalue weighted by Gasteiger charge is 2.06. The maximum Gasteiger partial charge on any atom is 0.271 e. The molecule has 0 radical (unpaired) electrons.